The molecule has 7 heteroatoms. The van der Waals surface area contributed by atoms with E-state index in [4.69, 9.17) is 4.74 Å². The van der Waals surface area contributed by atoms with E-state index in [2.05, 4.69) is 5.32 Å². The fraction of sp³-hybridized carbons (Fsp3) is 0.900. The van der Waals surface area contributed by atoms with E-state index in [0.29, 0.717) is 19.6 Å². The number of hydrogen-bond donors (Lipinski definition) is 1. The van der Waals surface area contributed by atoms with Gasteiger partial charge in [0.05, 0.1) is 18.3 Å². The number of amides is 1. The Morgan fingerprint density at radius 3 is 2.71 bits per heavy atom. The van der Waals surface area contributed by atoms with Gasteiger partial charge in [-0.2, -0.15) is 0 Å². The summed E-state index contributed by atoms with van der Waals surface area (Å²) in [5.41, 5.74) is 0. The molecule has 1 N–H and O–H groups in total. The van der Waals surface area contributed by atoms with Crippen molar-refractivity contribution in [2.24, 2.45) is 5.92 Å². The molecule has 0 bridgehead atoms. The molecule has 0 radical (unpaired) electrons. The number of rotatable bonds is 4. The van der Waals surface area contributed by atoms with Crippen LogP contribution in [0.3, 0.4) is 0 Å². The van der Waals surface area contributed by atoms with Gasteiger partial charge in [0.1, 0.15) is 0 Å². The predicted octanol–water partition coefficient (Wildman–Crippen LogP) is -0.827. The molecule has 98 valence electrons. The van der Waals surface area contributed by atoms with Crippen LogP contribution in [0.4, 0.5) is 0 Å². The third-order valence-corrected chi connectivity index (χ3v) is 4.45. The summed E-state index contributed by atoms with van der Waals surface area (Å²) < 4.78 is 28.9. The van der Waals surface area contributed by atoms with Gasteiger partial charge in [0, 0.05) is 26.2 Å². The van der Waals surface area contributed by atoms with Crippen molar-refractivity contribution >= 4 is 15.9 Å². The van der Waals surface area contributed by atoms with Gasteiger partial charge in [0.2, 0.25) is 15.9 Å². The van der Waals surface area contributed by atoms with Crippen molar-refractivity contribution in [1.82, 2.24) is 9.62 Å². The fourth-order valence-corrected chi connectivity index (χ4v) is 2.94. The number of hydrogen-bond acceptors (Lipinski definition) is 4. The average molecular weight is 262 g/mol. The molecule has 1 amide bonds. The second-order valence-corrected chi connectivity index (χ2v) is 6.64. The second-order valence-electron chi connectivity index (χ2n) is 4.66. The minimum absolute atomic E-state index is 0.0691. The summed E-state index contributed by atoms with van der Waals surface area (Å²) in [6.45, 7) is 1.91. The first-order valence-corrected chi connectivity index (χ1v) is 7.66. The van der Waals surface area contributed by atoms with Crippen LogP contribution >= 0.6 is 0 Å². The molecule has 0 aromatic rings. The normalized spacial score (nSPS) is 26.8. The van der Waals surface area contributed by atoms with Crippen LogP contribution in [0.25, 0.3) is 0 Å². The Morgan fingerprint density at radius 2 is 2.18 bits per heavy atom. The van der Waals surface area contributed by atoms with E-state index in [1.807, 2.05) is 0 Å². The third kappa shape index (κ3) is 3.17. The van der Waals surface area contributed by atoms with Crippen molar-refractivity contribution in [2.75, 3.05) is 32.5 Å². The predicted molar refractivity (Wildman–Crippen MR) is 61.9 cm³/mol. The standard InChI is InChI=1S/C10H18N2O4S/c1-17(14,15)12-6-8(7-12)10(13)11-5-9-3-2-4-16-9/h8-9H,2-7H2,1H3,(H,11,13). The molecule has 2 aliphatic heterocycles. The minimum Gasteiger partial charge on any atom is -0.376 e. The molecule has 0 spiro atoms. The van der Waals surface area contributed by atoms with Crippen molar-refractivity contribution < 1.29 is 17.9 Å². The van der Waals surface area contributed by atoms with E-state index in [9.17, 15) is 13.2 Å². The lowest BCUT2D eigenvalue weighted by Gasteiger charge is -2.36. The Hall–Kier alpha value is -0.660. The van der Waals surface area contributed by atoms with E-state index in [1.165, 1.54) is 4.31 Å². The lowest BCUT2D eigenvalue weighted by molar-refractivity contribution is -0.128. The molecule has 1 unspecified atom stereocenters. The summed E-state index contributed by atoms with van der Waals surface area (Å²) in [6.07, 6.45) is 3.32. The van der Waals surface area contributed by atoms with Crippen LogP contribution in [-0.4, -0.2) is 57.2 Å². The van der Waals surface area contributed by atoms with Gasteiger partial charge < -0.3 is 10.1 Å². The van der Waals surface area contributed by atoms with E-state index in [1.54, 1.807) is 0 Å². The smallest absolute Gasteiger partial charge is 0.225 e. The van der Waals surface area contributed by atoms with Crippen LogP contribution in [0, 0.1) is 5.92 Å². The molecule has 2 aliphatic rings. The molecule has 0 aliphatic carbocycles. The molecule has 17 heavy (non-hydrogen) atoms. The summed E-state index contributed by atoms with van der Waals surface area (Å²) in [4.78, 5) is 11.7. The Morgan fingerprint density at radius 1 is 1.47 bits per heavy atom. The molecule has 6 nitrogen and oxygen atoms in total. The molecule has 2 heterocycles. The van der Waals surface area contributed by atoms with Gasteiger partial charge in [0.25, 0.3) is 0 Å². The Labute approximate surface area is 101 Å². The second kappa shape index (κ2) is 4.91. The first-order valence-electron chi connectivity index (χ1n) is 5.81. The number of sulfonamides is 1. The third-order valence-electron chi connectivity index (χ3n) is 3.22. The van der Waals surface area contributed by atoms with Crippen LogP contribution in [-0.2, 0) is 19.6 Å². The summed E-state index contributed by atoms with van der Waals surface area (Å²) >= 11 is 0. The minimum atomic E-state index is -3.13. The zero-order chi connectivity index (χ0) is 12.5. The van der Waals surface area contributed by atoms with Crippen LogP contribution in [0.5, 0.6) is 0 Å². The lowest BCUT2D eigenvalue weighted by atomic mass is 10.0. The van der Waals surface area contributed by atoms with E-state index >= 15 is 0 Å². The number of carbonyl (C=O) groups is 1. The summed E-state index contributed by atoms with van der Waals surface area (Å²) in [5, 5.41) is 2.81. The molecule has 0 aromatic carbocycles. The number of nitrogens with one attached hydrogen (secondary N) is 1. The maximum atomic E-state index is 11.7. The van der Waals surface area contributed by atoms with Crippen LogP contribution < -0.4 is 5.32 Å². The first-order chi connectivity index (χ1) is 7.97. The van der Waals surface area contributed by atoms with E-state index in [-0.39, 0.29) is 17.9 Å². The molecule has 0 aromatic heterocycles. The highest BCUT2D eigenvalue weighted by Gasteiger charge is 2.37. The lowest BCUT2D eigenvalue weighted by Crippen LogP contribution is -2.55. The summed E-state index contributed by atoms with van der Waals surface area (Å²) in [5.74, 6) is -0.272. The fourth-order valence-electron chi connectivity index (χ4n) is 2.04. The molecule has 2 fully saturated rings. The van der Waals surface area contributed by atoms with Crippen molar-refractivity contribution in [3.05, 3.63) is 0 Å². The molecule has 1 atom stereocenters. The molecular formula is C10H18N2O4S. The monoisotopic (exact) mass is 262 g/mol. The van der Waals surface area contributed by atoms with Crippen LogP contribution in [0.2, 0.25) is 0 Å². The molecule has 2 saturated heterocycles. The molecule has 2 rings (SSSR count). The van der Waals surface area contributed by atoms with Gasteiger partial charge in [0.15, 0.2) is 0 Å². The maximum absolute atomic E-state index is 11.7. The molecule has 0 saturated carbocycles. The largest absolute Gasteiger partial charge is 0.376 e. The highest BCUT2D eigenvalue weighted by atomic mass is 32.2. The summed E-state index contributed by atoms with van der Waals surface area (Å²) in [6, 6.07) is 0. The van der Waals surface area contributed by atoms with Crippen molar-refractivity contribution in [1.29, 1.82) is 0 Å². The van der Waals surface area contributed by atoms with Crippen LogP contribution in [0.1, 0.15) is 12.8 Å². The topological polar surface area (TPSA) is 75.7 Å². The zero-order valence-electron chi connectivity index (χ0n) is 9.89. The Balaban J connectivity index is 1.68. The SMILES string of the molecule is CS(=O)(=O)N1CC(C(=O)NCC2CCCO2)C1. The highest BCUT2D eigenvalue weighted by molar-refractivity contribution is 7.88. The zero-order valence-corrected chi connectivity index (χ0v) is 10.7. The van der Waals surface area contributed by atoms with Crippen LogP contribution in [0.15, 0.2) is 0 Å². The molecular weight excluding hydrogens is 244 g/mol. The quantitative estimate of drug-likeness (QED) is 0.718. The average Bonchev–Trinajstić information content (AvgIpc) is 2.61. The van der Waals surface area contributed by atoms with Gasteiger partial charge in [-0.15, -0.1) is 0 Å². The van der Waals surface area contributed by atoms with Gasteiger partial charge in [-0.3, -0.25) is 4.79 Å². The Bertz CT molecular complexity index is 383. The van der Waals surface area contributed by atoms with Crippen molar-refractivity contribution in [3.8, 4) is 0 Å². The number of ether oxygens (including phenoxy) is 1. The highest BCUT2D eigenvalue weighted by Crippen LogP contribution is 2.19. The summed E-state index contributed by atoms with van der Waals surface area (Å²) in [7, 11) is -3.13. The van der Waals surface area contributed by atoms with Gasteiger partial charge in [-0.05, 0) is 12.8 Å². The van der Waals surface area contributed by atoms with Crippen molar-refractivity contribution in [3.63, 3.8) is 0 Å². The van der Waals surface area contributed by atoms with E-state index < -0.39 is 10.0 Å². The van der Waals surface area contributed by atoms with Crippen molar-refractivity contribution in [2.45, 2.75) is 18.9 Å². The first kappa shape index (κ1) is 12.8. The van der Waals surface area contributed by atoms with Gasteiger partial charge in [-0.1, -0.05) is 0 Å². The van der Waals surface area contributed by atoms with E-state index in [0.717, 1.165) is 25.7 Å². The van der Waals surface area contributed by atoms with Gasteiger partial charge in [-0.25, -0.2) is 12.7 Å². The number of carbonyl (C=O) groups excluding carboxylic acids is 1. The van der Waals surface area contributed by atoms with Gasteiger partial charge >= 0.3 is 0 Å². The Kier molecular flexibility index (Phi) is 3.70. The number of nitrogens with zero attached hydrogens (tertiary/aromatic N) is 1. The maximum Gasteiger partial charge on any atom is 0.225 e.